The van der Waals surface area contributed by atoms with Crippen molar-refractivity contribution in [1.82, 2.24) is 5.32 Å². The average molecular weight is 249 g/mol. The lowest BCUT2D eigenvalue weighted by atomic mass is 10.1. The van der Waals surface area contributed by atoms with Gasteiger partial charge < -0.3 is 5.32 Å². The molecule has 14 heavy (non-hydrogen) atoms. The number of nitriles is 1. The van der Waals surface area contributed by atoms with E-state index in [-0.39, 0.29) is 0 Å². The molecule has 70 valence electrons. The smallest absolute Gasteiger partial charge is 0.100 e. The van der Waals surface area contributed by atoms with Crippen LogP contribution in [0.3, 0.4) is 0 Å². The van der Waals surface area contributed by atoms with Crippen LogP contribution in [0.1, 0.15) is 11.1 Å². The molecular weight excluding hydrogens is 240 g/mol. The lowest BCUT2D eigenvalue weighted by Crippen LogP contribution is -2.33. The van der Waals surface area contributed by atoms with Gasteiger partial charge in [0.05, 0.1) is 5.56 Å². The molecule has 1 saturated heterocycles. The Labute approximate surface area is 91.4 Å². The zero-order valence-corrected chi connectivity index (χ0v) is 9.13. The first kappa shape index (κ1) is 9.45. The third kappa shape index (κ3) is 1.87. The van der Waals surface area contributed by atoms with Crippen molar-refractivity contribution in [2.45, 2.75) is 0 Å². The number of benzene rings is 1. The summed E-state index contributed by atoms with van der Waals surface area (Å²) >= 11 is 3.33. The number of halogens is 1. The van der Waals surface area contributed by atoms with Crippen molar-refractivity contribution < 1.29 is 0 Å². The molecule has 0 aromatic heterocycles. The summed E-state index contributed by atoms with van der Waals surface area (Å²) in [5.41, 5.74) is 3.17. The second-order valence-corrected chi connectivity index (χ2v) is 4.11. The zero-order valence-electron chi connectivity index (χ0n) is 7.55. The topological polar surface area (TPSA) is 35.8 Å². The number of rotatable bonds is 1. The SMILES string of the molecule is N#Cc1cc(C=C2CNC2)ccc1Br. The third-order valence-corrected chi connectivity index (χ3v) is 2.88. The molecule has 0 atom stereocenters. The maximum absolute atomic E-state index is 8.84. The van der Waals surface area contributed by atoms with Gasteiger partial charge in [-0.25, -0.2) is 0 Å². The van der Waals surface area contributed by atoms with Crippen LogP contribution in [-0.4, -0.2) is 13.1 Å². The molecule has 0 bridgehead atoms. The van der Waals surface area contributed by atoms with E-state index in [1.807, 2.05) is 18.2 Å². The summed E-state index contributed by atoms with van der Waals surface area (Å²) in [5, 5.41) is 12.0. The van der Waals surface area contributed by atoms with Crippen LogP contribution in [0.4, 0.5) is 0 Å². The second-order valence-electron chi connectivity index (χ2n) is 3.26. The van der Waals surface area contributed by atoms with Gasteiger partial charge >= 0.3 is 0 Å². The molecule has 1 N–H and O–H groups in total. The highest BCUT2D eigenvalue weighted by atomic mass is 79.9. The quantitative estimate of drug-likeness (QED) is 0.828. The highest BCUT2D eigenvalue weighted by Crippen LogP contribution is 2.19. The van der Waals surface area contributed by atoms with Crippen molar-refractivity contribution in [3.05, 3.63) is 39.4 Å². The van der Waals surface area contributed by atoms with Gasteiger partial charge in [-0.3, -0.25) is 0 Å². The molecule has 3 heteroatoms. The minimum Gasteiger partial charge on any atom is -0.309 e. The van der Waals surface area contributed by atoms with Gasteiger partial charge in [-0.15, -0.1) is 0 Å². The predicted molar refractivity (Wildman–Crippen MR) is 59.7 cm³/mol. The molecule has 1 fully saturated rings. The number of nitrogens with one attached hydrogen (secondary N) is 1. The fourth-order valence-corrected chi connectivity index (χ4v) is 1.66. The lowest BCUT2D eigenvalue weighted by Gasteiger charge is -2.18. The Balaban J connectivity index is 2.32. The van der Waals surface area contributed by atoms with E-state index in [0.29, 0.717) is 5.56 Å². The predicted octanol–water partition coefficient (Wildman–Crippen LogP) is 2.31. The molecule has 0 spiro atoms. The van der Waals surface area contributed by atoms with Crippen LogP contribution in [-0.2, 0) is 0 Å². The number of hydrogen-bond acceptors (Lipinski definition) is 2. The van der Waals surface area contributed by atoms with Crippen LogP contribution in [0.5, 0.6) is 0 Å². The molecule has 0 saturated carbocycles. The van der Waals surface area contributed by atoms with Crippen LogP contribution < -0.4 is 5.32 Å². The van der Waals surface area contributed by atoms with E-state index in [4.69, 9.17) is 5.26 Å². The molecule has 0 unspecified atom stereocenters. The van der Waals surface area contributed by atoms with Crippen LogP contribution in [0.2, 0.25) is 0 Å². The van der Waals surface area contributed by atoms with E-state index in [2.05, 4.69) is 33.4 Å². The minimum absolute atomic E-state index is 0.687. The van der Waals surface area contributed by atoms with Gasteiger partial charge in [0, 0.05) is 17.6 Å². The van der Waals surface area contributed by atoms with Crippen LogP contribution in [0.15, 0.2) is 28.2 Å². The molecule has 1 aliphatic rings. The Morgan fingerprint density at radius 2 is 2.21 bits per heavy atom. The van der Waals surface area contributed by atoms with E-state index in [1.54, 1.807) is 0 Å². The maximum Gasteiger partial charge on any atom is 0.100 e. The highest BCUT2D eigenvalue weighted by molar-refractivity contribution is 9.10. The first-order chi connectivity index (χ1) is 6.79. The van der Waals surface area contributed by atoms with Crippen LogP contribution >= 0.6 is 15.9 Å². The molecule has 1 aromatic carbocycles. The van der Waals surface area contributed by atoms with Crippen LogP contribution in [0, 0.1) is 11.3 Å². The summed E-state index contributed by atoms with van der Waals surface area (Å²) < 4.78 is 0.855. The van der Waals surface area contributed by atoms with Gasteiger partial charge in [0.1, 0.15) is 6.07 Å². The molecule has 1 aromatic rings. The maximum atomic E-state index is 8.84. The van der Waals surface area contributed by atoms with Crippen molar-refractivity contribution in [3.8, 4) is 6.07 Å². The molecule has 0 radical (unpaired) electrons. The van der Waals surface area contributed by atoms with Crippen molar-refractivity contribution in [2.75, 3.05) is 13.1 Å². The summed E-state index contributed by atoms with van der Waals surface area (Å²) in [6, 6.07) is 7.98. The molecular formula is C11H9BrN2. The van der Waals surface area contributed by atoms with Gasteiger partial charge in [-0.1, -0.05) is 12.1 Å². The normalized spacial score (nSPS) is 14.4. The van der Waals surface area contributed by atoms with E-state index >= 15 is 0 Å². The first-order valence-electron chi connectivity index (χ1n) is 4.39. The number of nitrogens with zero attached hydrogens (tertiary/aromatic N) is 1. The molecule has 0 aliphatic carbocycles. The van der Waals surface area contributed by atoms with E-state index in [1.165, 1.54) is 5.57 Å². The Morgan fingerprint density at radius 1 is 1.43 bits per heavy atom. The molecule has 2 nitrogen and oxygen atoms in total. The average Bonchev–Trinajstić information content (AvgIpc) is 2.14. The van der Waals surface area contributed by atoms with Gasteiger partial charge in [0.15, 0.2) is 0 Å². The highest BCUT2D eigenvalue weighted by Gasteiger charge is 2.07. The second kappa shape index (κ2) is 3.95. The Morgan fingerprint density at radius 3 is 2.79 bits per heavy atom. The summed E-state index contributed by atoms with van der Waals surface area (Å²) in [7, 11) is 0. The molecule has 2 rings (SSSR count). The lowest BCUT2D eigenvalue weighted by molar-refractivity contribution is 0.675. The van der Waals surface area contributed by atoms with Crippen molar-refractivity contribution >= 4 is 22.0 Å². The Hall–Kier alpha value is -1.11. The van der Waals surface area contributed by atoms with Crippen molar-refractivity contribution in [3.63, 3.8) is 0 Å². The minimum atomic E-state index is 0.687. The molecule has 1 aliphatic heterocycles. The fraction of sp³-hybridized carbons (Fsp3) is 0.182. The number of hydrogen-bond donors (Lipinski definition) is 1. The van der Waals surface area contributed by atoms with Crippen molar-refractivity contribution in [1.29, 1.82) is 5.26 Å². The molecule has 0 amide bonds. The monoisotopic (exact) mass is 248 g/mol. The van der Waals surface area contributed by atoms with E-state index in [0.717, 1.165) is 23.1 Å². The van der Waals surface area contributed by atoms with Gasteiger partial charge in [0.25, 0.3) is 0 Å². The Bertz CT molecular complexity index is 423. The standard InChI is InChI=1S/C11H9BrN2/c12-11-2-1-8(4-10(11)5-13)3-9-6-14-7-9/h1-4,14H,6-7H2. The fourth-order valence-electron chi connectivity index (χ4n) is 1.33. The summed E-state index contributed by atoms with van der Waals surface area (Å²) in [5.74, 6) is 0. The summed E-state index contributed by atoms with van der Waals surface area (Å²) in [6.45, 7) is 1.94. The van der Waals surface area contributed by atoms with Crippen LogP contribution in [0.25, 0.3) is 6.08 Å². The van der Waals surface area contributed by atoms with Gasteiger partial charge in [-0.2, -0.15) is 5.26 Å². The largest absolute Gasteiger partial charge is 0.309 e. The third-order valence-electron chi connectivity index (χ3n) is 2.19. The van der Waals surface area contributed by atoms with Gasteiger partial charge in [-0.05, 0) is 39.2 Å². The van der Waals surface area contributed by atoms with E-state index in [9.17, 15) is 0 Å². The van der Waals surface area contributed by atoms with Gasteiger partial charge in [0.2, 0.25) is 0 Å². The Kier molecular flexibility index (Phi) is 2.67. The van der Waals surface area contributed by atoms with Crippen molar-refractivity contribution in [2.24, 2.45) is 0 Å². The summed E-state index contributed by atoms with van der Waals surface area (Å²) in [6.07, 6.45) is 2.13. The first-order valence-corrected chi connectivity index (χ1v) is 5.19. The summed E-state index contributed by atoms with van der Waals surface area (Å²) in [4.78, 5) is 0. The van der Waals surface area contributed by atoms with E-state index < -0.39 is 0 Å². The molecule has 1 heterocycles. The zero-order chi connectivity index (χ0) is 9.97.